The third-order valence-electron chi connectivity index (χ3n) is 6.25. The van der Waals surface area contributed by atoms with E-state index in [1.165, 1.54) is 0 Å². The summed E-state index contributed by atoms with van der Waals surface area (Å²) in [5.74, 6) is 0.676. The van der Waals surface area contributed by atoms with Gasteiger partial charge in [0.2, 0.25) is 5.91 Å². The molecule has 0 bridgehead atoms. The van der Waals surface area contributed by atoms with Crippen molar-refractivity contribution < 1.29 is 14.0 Å². The molecule has 166 valence electrons. The molecule has 2 saturated heterocycles. The highest BCUT2D eigenvalue weighted by atomic mass is 16.3. The van der Waals surface area contributed by atoms with Gasteiger partial charge in [0.1, 0.15) is 11.4 Å². The van der Waals surface area contributed by atoms with Crippen LogP contribution in [0.3, 0.4) is 0 Å². The number of para-hydroxylation sites is 1. The predicted molar refractivity (Wildman–Crippen MR) is 119 cm³/mol. The number of amides is 2. The van der Waals surface area contributed by atoms with Crippen LogP contribution < -0.4 is 5.32 Å². The number of aromatic nitrogens is 2. The number of piperazine rings is 1. The summed E-state index contributed by atoms with van der Waals surface area (Å²) in [6.45, 7) is 3.30. The summed E-state index contributed by atoms with van der Waals surface area (Å²) >= 11 is 0. The molecule has 2 aliphatic rings. The number of rotatable bonds is 4. The number of carbonyl (C=O) groups is 2. The van der Waals surface area contributed by atoms with Gasteiger partial charge in [-0.15, -0.1) is 0 Å². The van der Waals surface area contributed by atoms with Gasteiger partial charge in [0.25, 0.3) is 5.91 Å². The maximum absolute atomic E-state index is 13.5. The maximum atomic E-state index is 13.5. The first-order valence-electron chi connectivity index (χ1n) is 11.2. The van der Waals surface area contributed by atoms with Crippen LogP contribution in [0.5, 0.6) is 0 Å². The monoisotopic (exact) mass is 433 g/mol. The van der Waals surface area contributed by atoms with Crippen LogP contribution in [0, 0.1) is 0 Å². The number of nitrogens with one attached hydrogen (secondary N) is 1. The summed E-state index contributed by atoms with van der Waals surface area (Å²) in [5, 5.41) is 7.67. The van der Waals surface area contributed by atoms with Crippen molar-refractivity contribution in [3.63, 3.8) is 0 Å². The molecule has 0 saturated carbocycles. The Kier molecular flexibility index (Phi) is 5.77. The fourth-order valence-corrected chi connectivity index (χ4v) is 4.51. The summed E-state index contributed by atoms with van der Waals surface area (Å²) in [5.41, 5.74) is 1.95. The summed E-state index contributed by atoms with van der Waals surface area (Å²) in [7, 11) is 0. The number of hydrogen-bond acceptors (Lipinski definition) is 5. The van der Waals surface area contributed by atoms with E-state index < -0.39 is 0 Å². The lowest BCUT2D eigenvalue weighted by molar-refractivity contribution is -0.126. The molecule has 5 rings (SSSR count). The van der Waals surface area contributed by atoms with Crippen LogP contribution in [0.1, 0.15) is 29.8 Å². The van der Waals surface area contributed by atoms with Crippen molar-refractivity contribution in [2.45, 2.75) is 25.3 Å². The predicted octanol–water partition coefficient (Wildman–Crippen LogP) is 2.56. The number of furan rings is 1. The van der Waals surface area contributed by atoms with Crippen molar-refractivity contribution in [3.8, 4) is 17.1 Å². The van der Waals surface area contributed by atoms with E-state index >= 15 is 0 Å². The number of hydrogen-bond donors (Lipinski definition) is 1. The normalized spacial score (nSPS) is 20.1. The molecule has 1 atom stereocenters. The molecule has 8 heteroatoms. The van der Waals surface area contributed by atoms with Gasteiger partial charge in [0.15, 0.2) is 5.76 Å². The molecule has 1 aromatic carbocycles. The highest BCUT2D eigenvalue weighted by Crippen LogP contribution is 2.24. The summed E-state index contributed by atoms with van der Waals surface area (Å²) in [4.78, 5) is 30.0. The van der Waals surface area contributed by atoms with Gasteiger partial charge in [-0.2, -0.15) is 5.10 Å². The van der Waals surface area contributed by atoms with Gasteiger partial charge in [-0.05, 0) is 43.5 Å². The molecule has 0 unspecified atom stereocenters. The smallest absolute Gasteiger partial charge is 0.272 e. The zero-order valence-electron chi connectivity index (χ0n) is 17.9. The van der Waals surface area contributed by atoms with Gasteiger partial charge in [-0.3, -0.25) is 14.5 Å². The highest BCUT2D eigenvalue weighted by molar-refractivity contribution is 5.94. The Balaban J connectivity index is 1.36. The molecule has 2 aliphatic heterocycles. The standard InChI is InChI=1S/C24H27N5O3/c30-23-20(9-4-5-11-25-23)27-12-14-28(15-13-27)24(31)21-17-19(22-10-6-16-32-22)26-29(21)18-7-2-1-3-8-18/h1-3,6-8,10,16-17,20H,4-5,9,11-15H2,(H,25,30)/t20-/m0/s1. The minimum atomic E-state index is -0.0878. The molecule has 3 aromatic rings. The van der Waals surface area contributed by atoms with Gasteiger partial charge >= 0.3 is 0 Å². The second-order valence-corrected chi connectivity index (χ2v) is 8.27. The Labute approximate surface area is 186 Å². The molecular weight excluding hydrogens is 406 g/mol. The SMILES string of the molecule is O=C1NCCCC[C@@H]1N1CCN(C(=O)c2cc(-c3ccco3)nn2-c2ccccc2)CC1. The number of benzene rings is 1. The van der Waals surface area contributed by atoms with Crippen LogP contribution in [-0.4, -0.2) is 70.2 Å². The first-order valence-corrected chi connectivity index (χ1v) is 11.2. The average Bonchev–Trinajstić information content (AvgIpc) is 3.47. The van der Waals surface area contributed by atoms with E-state index in [0.29, 0.717) is 43.3 Å². The fourth-order valence-electron chi connectivity index (χ4n) is 4.51. The number of carbonyl (C=O) groups excluding carboxylic acids is 2. The third-order valence-corrected chi connectivity index (χ3v) is 6.25. The van der Waals surface area contributed by atoms with Gasteiger partial charge in [0, 0.05) is 38.8 Å². The van der Waals surface area contributed by atoms with E-state index in [1.807, 2.05) is 41.3 Å². The minimum Gasteiger partial charge on any atom is -0.463 e. The first-order chi connectivity index (χ1) is 15.7. The summed E-state index contributed by atoms with van der Waals surface area (Å²) in [6.07, 6.45) is 4.56. The molecule has 2 amide bonds. The molecule has 2 aromatic heterocycles. The van der Waals surface area contributed by atoms with E-state index in [0.717, 1.165) is 31.5 Å². The molecule has 2 fully saturated rings. The topological polar surface area (TPSA) is 83.6 Å². The molecule has 1 N–H and O–H groups in total. The highest BCUT2D eigenvalue weighted by Gasteiger charge is 2.32. The second kappa shape index (κ2) is 9.00. The molecule has 0 radical (unpaired) electrons. The Bertz CT molecular complexity index is 1070. The van der Waals surface area contributed by atoms with Crippen LogP contribution in [0.2, 0.25) is 0 Å². The Morgan fingerprint density at radius 3 is 2.59 bits per heavy atom. The minimum absolute atomic E-state index is 0.0656. The van der Waals surface area contributed by atoms with Crippen molar-refractivity contribution in [3.05, 3.63) is 60.5 Å². The third kappa shape index (κ3) is 4.05. The molecule has 0 spiro atoms. The van der Waals surface area contributed by atoms with E-state index in [-0.39, 0.29) is 17.9 Å². The lowest BCUT2D eigenvalue weighted by Crippen LogP contribution is -2.55. The van der Waals surface area contributed by atoms with E-state index in [1.54, 1.807) is 23.1 Å². The quantitative estimate of drug-likeness (QED) is 0.684. The summed E-state index contributed by atoms with van der Waals surface area (Å²) < 4.78 is 7.19. The Morgan fingerprint density at radius 1 is 1.03 bits per heavy atom. The van der Waals surface area contributed by atoms with Crippen LogP contribution in [0.4, 0.5) is 0 Å². The second-order valence-electron chi connectivity index (χ2n) is 8.27. The van der Waals surface area contributed by atoms with Crippen LogP contribution in [0.25, 0.3) is 17.1 Å². The zero-order valence-corrected chi connectivity index (χ0v) is 17.9. The maximum Gasteiger partial charge on any atom is 0.272 e. The molecule has 4 heterocycles. The molecule has 8 nitrogen and oxygen atoms in total. The Morgan fingerprint density at radius 2 is 1.84 bits per heavy atom. The number of nitrogens with zero attached hydrogens (tertiary/aromatic N) is 4. The Hall–Kier alpha value is -3.39. The van der Waals surface area contributed by atoms with Gasteiger partial charge < -0.3 is 14.6 Å². The van der Waals surface area contributed by atoms with E-state index in [2.05, 4.69) is 15.3 Å². The van der Waals surface area contributed by atoms with Crippen molar-refractivity contribution in [2.75, 3.05) is 32.7 Å². The largest absolute Gasteiger partial charge is 0.463 e. The molecular formula is C24H27N5O3. The zero-order chi connectivity index (χ0) is 21.9. The molecule has 0 aliphatic carbocycles. The van der Waals surface area contributed by atoms with Crippen molar-refractivity contribution in [1.29, 1.82) is 0 Å². The van der Waals surface area contributed by atoms with E-state index in [4.69, 9.17) is 4.42 Å². The average molecular weight is 434 g/mol. The van der Waals surface area contributed by atoms with Gasteiger partial charge in [-0.1, -0.05) is 18.2 Å². The van der Waals surface area contributed by atoms with Crippen molar-refractivity contribution >= 4 is 11.8 Å². The van der Waals surface area contributed by atoms with Crippen LogP contribution in [-0.2, 0) is 4.79 Å². The summed E-state index contributed by atoms with van der Waals surface area (Å²) in [6, 6.07) is 15.0. The van der Waals surface area contributed by atoms with Gasteiger partial charge in [-0.25, -0.2) is 4.68 Å². The molecule has 32 heavy (non-hydrogen) atoms. The van der Waals surface area contributed by atoms with E-state index in [9.17, 15) is 9.59 Å². The fraction of sp³-hybridized carbons (Fsp3) is 0.375. The van der Waals surface area contributed by atoms with Crippen LogP contribution in [0.15, 0.2) is 59.2 Å². The van der Waals surface area contributed by atoms with Crippen LogP contribution >= 0.6 is 0 Å². The van der Waals surface area contributed by atoms with Crippen molar-refractivity contribution in [2.24, 2.45) is 0 Å². The van der Waals surface area contributed by atoms with Crippen molar-refractivity contribution in [1.82, 2.24) is 24.9 Å². The lowest BCUT2D eigenvalue weighted by atomic mass is 10.1. The lowest BCUT2D eigenvalue weighted by Gasteiger charge is -2.38. The first kappa shape index (κ1) is 20.5. The van der Waals surface area contributed by atoms with Gasteiger partial charge in [0.05, 0.1) is 18.0 Å².